The third-order valence-electron chi connectivity index (χ3n) is 2.93. The SMILES string of the molecule is CCOc1ccc(-c2csc3ncc(C(=O)O)n23)cc1. The Morgan fingerprint density at radius 2 is 2.15 bits per heavy atom. The van der Waals surface area contributed by atoms with Gasteiger partial charge in [-0.3, -0.25) is 4.40 Å². The van der Waals surface area contributed by atoms with E-state index in [1.165, 1.54) is 17.5 Å². The molecule has 0 saturated heterocycles. The van der Waals surface area contributed by atoms with E-state index in [4.69, 9.17) is 4.74 Å². The molecule has 2 heterocycles. The van der Waals surface area contributed by atoms with E-state index in [0.717, 1.165) is 17.0 Å². The summed E-state index contributed by atoms with van der Waals surface area (Å²) in [5, 5.41) is 11.1. The van der Waals surface area contributed by atoms with Crippen LogP contribution in [0.3, 0.4) is 0 Å². The molecule has 20 heavy (non-hydrogen) atoms. The molecule has 0 atom stereocenters. The summed E-state index contributed by atoms with van der Waals surface area (Å²) in [6.45, 7) is 2.55. The van der Waals surface area contributed by atoms with Gasteiger partial charge in [0.15, 0.2) is 10.7 Å². The second-order valence-electron chi connectivity index (χ2n) is 4.14. The first kappa shape index (κ1) is 12.7. The Labute approximate surface area is 119 Å². The van der Waals surface area contributed by atoms with Crippen molar-refractivity contribution in [1.82, 2.24) is 9.38 Å². The van der Waals surface area contributed by atoms with E-state index < -0.39 is 5.97 Å². The van der Waals surface area contributed by atoms with Gasteiger partial charge < -0.3 is 9.84 Å². The molecule has 0 saturated carbocycles. The van der Waals surface area contributed by atoms with Gasteiger partial charge in [0.25, 0.3) is 0 Å². The number of benzene rings is 1. The van der Waals surface area contributed by atoms with Crippen molar-refractivity contribution in [2.75, 3.05) is 6.61 Å². The monoisotopic (exact) mass is 288 g/mol. The molecule has 1 aromatic carbocycles. The van der Waals surface area contributed by atoms with Gasteiger partial charge in [-0.05, 0) is 36.8 Å². The van der Waals surface area contributed by atoms with Crippen LogP contribution in [0.25, 0.3) is 16.2 Å². The highest BCUT2D eigenvalue weighted by Gasteiger charge is 2.16. The minimum atomic E-state index is -0.983. The van der Waals surface area contributed by atoms with Gasteiger partial charge in [-0.25, -0.2) is 9.78 Å². The molecule has 0 radical (unpaired) electrons. The number of imidazole rings is 1. The predicted octanol–water partition coefficient (Wildman–Crippen LogP) is 3.16. The summed E-state index contributed by atoms with van der Waals surface area (Å²) in [7, 11) is 0. The molecule has 0 aliphatic heterocycles. The van der Waals surface area contributed by atoms with Crippen LogP contribution in [0.2, 0.25) is 0 Å². The van der Waals surface area contributed by atoms with Crippen molar-refractivity contribution < 1.29 is 14.6 Å². The molecule has 0 spiro atoms. The van der Waals surface area contributed by atoms with Crippen LogP contribution in [0.5, 0.6) is 5.75 Å². The van der Waals surface area contributed by atoms with Crippen molar-refractivity contribution >= 4 is 22.3 Å². The molecular weight excluding hydrogens is 276 g/mol. The molecule has 0 bridgehead atoms. The lowest BCUT2D eigenvalue weighted by Crippen LogP contribution is -2.01. The van der Waals surface area contributed by atoms with Gasteiger partial charge in [0.1, 0.15) is 5.75 Å². The van der Waals surface area contributed by atoms with E-state index in [9.17, 15) is 9.90 Å². The number of nitrogens with zero attached hydrogens (tertiary/aromatic N) is 2. The van der Waals surface area contributed by atoms with Crippen LogP contribution in [0.4, 0.5) is 0 Å². The Morgan fingerprint density at radius 3 is 2.80 bits per heavy atom. The van der Waals surface area contributed by atoms with Crippen LogP contribution in [0.15, 0.2) is 35.8 Å². The van der Waals surface area contributed by atoms with Crippen LogP contribution < -0.4 is 4.74 Å². The van der Waals surface area contributed by atoms with E-state index in [1.807, 2.05) is 36.6 Å². The quantitative estimate of drug-likeness (QED) is 0.801. The topological polar surface area (TPSA) is 63.8 Å². The minimum Gasteiger partial charge on any atom is -0.494 e. The second-order valence-corrected chi connectivity index (χ2v) is 4.98. The fraction of sp³-hybridized carbons (Fsp3) is 0.143. The lowest BCUT2D eigenvalue weighted by atomic mass is 10.1. The van der Waals surface area contributed by atoms with E-state index in [2.05, 4.69) is 4.98 Å². The number of hydrogen-bond donors (Lipinski definition) is 1. The lowest BCUT2D eigenvalue weighted by molar-refractivity contribution is 0.0689. The largest absolute Gasteiger partial charge is 0.494 e. The van der Waals surface area contributed by atoms with Gasteiger partial charge in [0.05, 0.1) is 18.5 Å². The standard InChI is InChI=1S/C14H12N2O3S/c1-2-19-10-5-3-9(4-6-10)12-8-20-14-15-7-11(13(17)18)16(12)14/h3-8H,2H2,1H3,(H,17,18). The Kier molecular flexibility index (Phi) is 3.15. The van der Waals surface area contributed by atoms with Crippen LogP contribution in [-0.4, -0.2) is 27.1 Å². The van der Waals surface area contributed by atoms with Crippen molar-refractivity contribution in [3.05, 3.63) is 41.5 Å². The zero-order valence-electron chi connectivity index (χ0n) is 10.7. The zero-order chi connectivity index (χ0) is 14.1. The second kappa shape index (κ2) is 4.97. The van der Waals surface area contributed by atoms with Gasteiger partial charge in [0.2, 0.25) is 0 Å². The average molecular weight is 288 g/mol. The first-order valence-electron chi connectivity index (χ1n) is 6.12. The molecule has 3 aromatic rings. The normalized spacial score (nSPS) is 10.8. The van der Waals surface area contributed by atoms with Crippen molar-refractivity contribution in [2.45, 2.75) is 6.92 Å². The van der Waals surface area contributed by atoms with E-state index in [1.54, 1.807) is 4.40 Å². The summed E-state index contributed by atoms with van der Waals surface area (Å²) in [5.74, 6) is -0.185. The summed E-state index contributed by atoms with van der Waals surface area (Å²) in [4.78, 5) is 16.0. The number of carboxylic acid groups (broad SMARTS) is 1. The Morgan fingerprint density at radius 1 is 1.40 bits per heavy atom. The summed E-state index contributed by atoms with van der Waals surface area (Å²) >= 11 is 1.42. The first-order chi connectivity index (χ1) is 9.70. The molecule has 0 fully saturated rings. The molecule has 6 heteroatoms. The molecule has 1 N–H and O–H groups in total. The summed E-state index contributed by atoms with van der Waals surface area (Å²) in [5.41, 5.74) is 1.92. The van der Waals surface area contributed by atoms with Gasteiger partial charge in [-0.1, -0.05) is 0 Å². The van der Waals surface area contributed by atoms with Gasteiger partial charge >= 0.3 is 5.97 Å². The van der Waals surface area contributed by atoms with E-state index in [0.29, 0.717) is 11.6 Å². The fourth-order valence-electron chi connectivity index (χ4n) is 2.05. The first-order valence-corrected chi connectivity index (χ1v) is 7.00. The van der Waals surface area contributed by atoms with Crippen molar-refractivity contribution in [2.24, 2.45) is 0 Å². The summed E-state index contributed by atoms with van der Waals surface area (Å²) in [6.07, 6.45) is 1.38. The molecule has 0 aliphatic carbocycles. The maximum Gasteiger partial charge on any atom is 0.354 e. The van der Waals surface area contributed by atoms with Crippen LogP contribution in [-0.2, 0) is 0 Å². The molecule has 0 aliphatic rings. The number of aromatic nitrogens is 2. The molecule has 102 valence electrons. The van der Waals surface area contributed by atoms with E-state index >= 15 is 0 Å². The van der Waals surface area contributed by atoms with Crippen molar-refractivity contribution in [3.63, 3.8) is 0 Å². The number of hydrogen-bond acceptors (Lipinski definition) is 4. The highest BCUT2D eigenvalue weighted by molar-refractivity contribution is 7.15. The molecule has 2 aromatic heterocycles. The minimum absolute atomic E-state index is 0.171. The maximum atomic E-state index is 11.2. The molecule has 3 rings (SSSR count). The molecule has 0 unspecified atom stereocenters. The molecular formula is C14H12N2O3S. The lowest BCUT2D eigenvalue weighted by Gasteiger charge is -2.05. The molecule has 0 amide bonds. The molecule has 5 nitrogen and oxygen atoms in total. The van der Waals surface area contributed by atoms with Crippen LogP contribution >= 0.6 is 11.3 Å². The number of carboxylic acids is 1. The summed E-state index contributed by atoms with van der Waals surface area (Å²) < 4.78 is 7.06. The number of fused-ring (bicyclic) bond motifs is 1. The third-order valence-corrected chi connectivity index (χ3v) is 3.77. The Bertz CT molecular complexity index is 758. The van der Waals surface area contributed by atoms with Crippen molar-refractivity contribution in [3.8, 4) is 17.0 Å². The zero-order valence-corrected chi connectivity index (χ0v) is 11.6. The Hall–Kier alpha value is -2.34. The summed E-state index contributed by atoms with van der Waals surface area (Å²) in [6, 6.07) is 7.58. The van der Waals surface area contributed by atoms with Gasteiger partial charge in [0, 0.05) is 5.38 Å². The highest BCUT2D eigenvalue weighted by Crippen LogP contribution is 2.28. The number of thiazole rings is 1. The van der Waals surface area contributed by atoms with E-state index in [-0.39, 0.29) is 5.69 Å². The number of ether oxygens (including phenoxy) is 1. The predicted molar refractivity (Wildman–Crippen MR) is 76.6 cm³/mol. The van der Waals surface area contributed by atoms with Gasteiger partial charge in [-0.15, -0.1) is 11.3 Å². The highest BCUT2D eigenvalue weighted by atomic mass is 32.1. The van der Waals surface area contributed by atoms with Crippen LogP contribution in [0, 0.1) is 0 Å². The Balaban J connectivity index is 2.09. The number of rotatable bonds is 4. The number of carbonyl (C=O) groups is 1. The third kappa shape index (κ3) is 2.04. The van der Waals surface area contributed by atoms with Gasteiger partial charge in [-0.2, -0.15) is 0 Å². The maximum absolute atomic E-state index is 11.2. The smallest absolute Gasteiger partial charge is 0.354 e. The van der Waals surface area contributed by atoms with Crippen LogP contribution in [0.1, 0.15) is 17.4 Å². The average Bonchev–Trinajstić information content (AvgIpc) is 3.01. The number of aromatic carboxylic acids is 1. The fourth-order valence-corrected chi connectivity index (χ4v) is 2.92. The van der Waals surface area contributed by atoms with Crippen molar-refractivity contribution in [1.29, 1.82) is 0 Å².